The second-order valence-electron chi connectivity index (χ2n) is 8.63. The third-order valence-electron chi connectivity index (χ3n) is 6.15. The van der Waals surface area contributed by atoms with Gasteiger partial charge in [0.25, 0.3) is 0 Å². The first-order valence-electron chi connectivity index (χ1n) is 11.3. The van der Waals surface area contributed by atoms with Crippen molar-refractivity contribution in [1.82, 2.24) is 10.2 Å². The number of halogens is 1. The molecule has 0 spiro atoms. The van der Waals surface area contributed by atoms with E-state index in [9.17, 15) is 9.59 Å². The lowest BCUT2D eigenvalue weighted by molar-refractivity contribution is -0.119. The van der Waals surface area contributed by atoms with Gasteiger partial charge in [-0.05, 0) is 61.2 Å². The second kappa shape index (κ2) is 11.1. The maximum absolute atomic E-state index is 12.7. The molecule has 2 aromatic carbocycles. The van der Waals surface area contributed by atoms with Crippen LogP contribution in [0.25, 0.3) is 0 Å². The Labute approximate surface area is 203 Å². The Morgan fingerprint density at radius 3 is 2.70 bits per heavy atom. The van der Waals surface area contributed by atoms with Crippen LogP contribution in [-0.4, -0.2) is 62.8 Å². The van der Waals surface area contributed by atoms with Crippen molar-refractivity contribution in [2.45, 2.75) is 25.3 Å². The number of imide groups is 1. The highest BCUT2D eigenvalue weighted by Crippen LogP contribution is 2.29. The minimum atomic E-state index is -0.340. The molecule has 2 aliphatic heterocycles. The third kappa shape index (κ3) is 6.13. The van der Waals surface area contributed by atoms with Crippen molar-refractivity contribution >= 4 is 33.6 Å². The standard InChI is InChI=1S/C25H30BrN3O4/c1-32-11-12-33-22-7-8-23(26)19(14-22)13-18-9-10-28(16-18)17-20-15-24(30)29(25(31)27-20)21-5-3-2-4-6-21/h2-8,14,18,20H,9-13,15-17H2,1H3,(H,27,31). The van der Waals surface area contributed by atoms with Gasteiger partial charge in [0.1, 0.15) is 12.4 Å². The van der Waals surface area contributed by atoms with Crippen LogP contribution in [0.5, 0.6) is 5.75 Å². The van der Waals surface area contributed by atoms with Crippen molar-refractivity contribution in [3.8, 4) is 5.75 Å². The van der Waals surface area contributed by atoms with E-state index in [2.05, 4.69) is 32.2 Å². The number of anilines is 1. The highest BCUT2D eigenvalue weighted by Gasteiger charge is 2.35. The summed E-state index contributed by atoms with van der Waals surface area (Å²) in [5, 5.41) is 3.02. The summed E-state index contributed by atoms with van der Waals surface area (Å²) in [6.45, 7) is 3.70. The molecular weight excluding hydrogens is 486 g/mol. The van der Waals surface area contributed by atoms with E-state index in [0.29, 0.717) is 37.8 Å². The number of benzene rings is 2. The summed E-state index contributed by atoms with van der Waals surface area (Å²) < 4.78 is 11.9. The van der Waals surface area contributed by atoms with Gasteiger partial charge in [0.15, 0.2) is 0 Å². The van der Waals surface area contributed by atoms with Gasteiger partial charge in [-0.25, -0.2) is 9.69 Å². The summed E-state index contributed by atoms with van der Waals surface area (Å²) in [4.78, 5) is 28.9. The SMILES string of the molecule is COCCOc1ccc(Br)c(CC2CCN(CC3CC(=O)N(c4ccccc4)C(=O)N3)C2)c1. The van der Waals surface area contributed by atoms with Crippen LogP contribution in [0.2, 0.25) is 0 Å². The van der Waals surface area contributed by atoms with Crippen molar-refractivity contribution in [2.75, 3.05) is 44.9 Å². The minimum Gasteiger partial charge on any atom is -0.491 e. The van der Waals surface area contributed by atoms with Gasteiger partial charge >= 0.3 is 6.03 Å². The average Bonchev–Trinajstić information content (AvgIpc) is 3.23. The molecule has 0 aromatic heterocycles. The Morgan fingerprint density at radius 2 is 1.94 bits per heavy atom. The zero-order valence-corrected chi connectivity index (χ0v) is 20.4. The molecule has 2 atom stereocenters. The van der Waals surface area contributed by atoms with Crippen LogP contribution in [0.15, 0.2) is 53.0 Å². The maximum atomic E-state index is 12.7. The van der Waals surface area contributed by atoms with Crippen molar-refractivity contribution in [1.29, 1.82) is 0 Å². The summed E-state index contributed by atoms with van der Waals surface area (Å²) in [6.07, 6.45) is 2.36. The number of amides is 3. The normalized spacial score (nSPS) is 21.3. The molecule has 2 aliphatic rings. The van der Waals surface area contributed by atoms with Crippen LogP contribution in [0.1, 0.15) is 18.4 Å². The molecule has 2 heterocycles. The molecular formula is C25H30BrN3O4. The van der Waals surface area contributed by atoms with E-state index >= 15 is 0 Å². The first-order chi connectivity index (χ1) is 16.0. The van der Waals surface area contributed by atoms with Gasteiger partial charge in [-0.1, -0.05) is 34.1 Å². The first-order valence-corrected chi connectivity index (χ1v) is 12.1. The number of likely N-dealkylation sites (tertiary alicyclic amines) is 1. The van der Waals surface area contributed by atoms with Crippen LogP contribution < -0.4 is 15.0 Å². The first kappa shape index (κ1) is 23.7. The molecule has 176 valence electrons. The van der Waals surface area contributed by atoms with E-state index in [1.54, 1.807) is 19.2 Å². The zero-order chi connectivity index (χ0) is 23.2. The summed E-state index contributed by atoms with van der Waals surface area (Å²) in [5.74, 6) is 1.22. The van der Waals surface area contributed by atoms with Crippen LogP contribution in [0, 0.1) is 5.92 Å². The molecule has 7 nitrogen and oxygen atoms in total. The van der Waals surface area contributed by atoms with Crippen molar-refractivity contribution < 1.29 is 19.1 Å². The largest absolute Gasteiger partial charge is 0.491 e. The molecule has 33 heavy (non-hydrogen) atoms. The molecule has 3 amide bonds. The fraction of sp³-hybridized carbons (Fsp3) is 0.440. The van der Waals surface area contributed by atoms with E-state index in [0.717, 1.165) is 36.2 Å². The number of methoxy groups -OCH3 is 1. The van der Waals surface area contributed by atoms with Crippen molar-refractivity contribution in [3.05, 3.63) is 58.6 Å². The molecule has 2 aromatic rings. The summed E-state index contributed by atoms with van der Waals surface area (Å²) in [5.41, 5.74) is 1.84. The number of ether oxygens (including phenoxy) is 2. The van der Waals surface area contributed by atoms with Crippen LogP contribution in [-0.2, 0) is 16.0 Å². The highest BCUT2D eigenvalue weighted by atomic mass is 79.9. The highest BCUT2D eigenvalue weighted by molar-refractivity contribution is 9.10. The van der Waals surface area contributed by atoms with E-state index in [1.807, 2.05) is 30.3 Å². The Kier molecular flexibility index (Phi) is 8.01. The fourth-order valence-corrected chi connectivity index (χ4v) is 4.97. The van der Waals surface area contributed by atoms with Gasteiger partial charge in [-0.2, -0.15) is 0 Å². The average molecular weight is 516 g/mol. The Bertz CT molecular complexity index is 953. The van der Waals surface area contributed by atoms with Crippen LogP contribution in [0.3, 0.4) is 0 Å². The molecule has 0 aliphatic carbocycles. The molecule has 2 fully saturated rings. The monoisotopic (exact) mass is 515 g/mol. The number of nitrogens with zero attached hydrogens (tertiary/aromatic N) is 2. The van der Waals surface area contributed by atoms with Gasteiger partial charge in [-0.15, -0.1) is 0 Å². The molecule has 2 saturated heterocycles. The number of carbonyl (C=O) groups excluding carboxylic acids is 2. The Hall–Kier alpha value is -2.42. The molecule has 8 heteroatoms. The van der Waals surface area contributed by atoms with Gasteiger partial charge in [0, 0.05) is 31.1 Å². The smallest absolute Gasteiger partial charge is 0.329 e. The lowest BCUT2D eigenvalue weighted by Gasteiger charge is -2.33. The maximum Gasteiger partial charge on any atom is 0.329 e. The van der Waals surface area contributed by atoms with Gasteiger partial charge < -0.3 is 19.7 Å². The quantitative estimate of drug-likeness (QED) is 0.513. The predicted molar refractivity (Wildman–Crippen MR) is 131 cm³/mol. The fourth-order valence-electron chi connectivity index (χ4n) is 4.56. The lowest BCUT2D eigenvalue weighted by Crippen LogP contribution is -2.57. The molecule has 0 radical (unpaired) electrons. The summed E-state index contributed by atoms with van der Waals surface area (Å²) >= 11 is 3.67. The Morgan fingerprint density at radius 1 is 1.12 bits per heavy atom. The van der Waals surface area contributed by atoms with Gasteiger partial charge in [-0.3, -0.25) is 4.79 Å². The van der Waals surface area contributed by atoms with Crippen molar-refractivity contribution in [3.63, 3.8) is 0 Å². The molecule has 2 unspecified atom stereocenters. The zero-order valence-electron chi connectivity index (χ0n) is 18.8. The Balaban J connectivity index is 1.29. The predicted octanol–water partition coefficient (Wildman–Crippen LogP) is 3.85. The molecule has 1 N–H and O–H groups in total. The minimum absolute atomic E-state index is 0.153. The third-order valence-corrected chi connectivity index (χ3v) is 6.92. The number of rotatable bonds is 9. The number of hydrogen-bond acceptors (Lipinski definition) is 5. The molecule has 0 bridgehead atoms. The van der Waals surface area contributed by atoms with Gasteiger partial charge in [0.05, 0.1) is 18.3 Å². The number of nitrogens with one attached hydrogen (secondary N) is 1. The number of urea groups is 1. The van der Waals surface area contributed by atoms with Crippen molar-refractivity contribution in [2.24, 2.45) is 5.92 Å². The number of para-hydroxylation sites is 1. The van der Waals surface area contributed by atoms with E-state index in [1.165, 1.54) is 10.5 Å². The van der Waals surface area contributed by atoms with E-state index in [-0.39, 0.29) is 18.0 Å². The summed E-state index contributed by atoms with van der Waals surface area (Å²) in [6, 6.07) is 14.7. The van der Waals surface area contributed by atoms with E-state index in [4.69, 9.17) is 9.47 Å². The van der Waals surface area contributed by atoms with Crippen LogP contribution in [0.4, 0.5) is 10.5 Å². The number of hydrogen-bond donors (Lipinski definition) is 1. The summed E-state index contributed by atoms with van der Waals surface area (Å²) in [7, 11) is 1.66. The van der Waals surface area contributed by atoms with Gasteiger partial charge in [0.2, 0.25) is 5.91 Å². The molecule has 4 rings (SSSR count). The van der Waals surface area contributed by atoms with E-state index < -0.39 is 0 Å². The van der Waals surface area contributed by atoms with Crippen LogP contribution >= 0.6 is 15.9 Å². The lowest BCUT2D eigenvalue weighted by atomic mass is 9.98. The topological polar surface area (TPSA) is 71.1 Å². The number of carbonyl (C=O) groups is 2. The second-order valence-corrected chi connectivity index (χ2v) is 9.48. The molecule has 0 saturated carbocycles.